The highest BCUT2D eigenvalue weighted by Crippen LogP contribution is 2.27. The third-order valence-corrected chi connectivity index (χ3v) is 4.38. The van der Waals surface area contributed by atoms with Gasteiger partial charge in [-0.15, -0.1) is 12.4 Å². The first-order valence-corrected chi connectivity index (χ1v) is 7.71. The first-order chi connectivity index (χ1) is 10.0. The number of hydrogen-bond donors (Lipinski definition) is 1. The average Bonchev–Trinajstić information content (AvgIpc) is 2.51. The molecule has 0 unspecified atom stereocenters. The van der Waals surface area contributed by atoms with Gasteiger partial charge in [-0.05, 0) is 25.0 Å². The SMILES string of the molecule is CCC(CC)(CN)C(=O)N(C)CCOc1ccccc1Cl.Cl. The summed E-state index contributed by atoms with van der Waals surface area (Å²) in [7, 11) is 1.79. The number of amides is 1. The number of rotatable bonds is 8. The van der Waals surface area contributed by atoms with Crippen molar-refractivity contribution in [2.24, 2.45) is 11.1 Å². The third kappa shape index (κ3) is 5.04. The van der Waals surface area contributed by atoms with Gasteiger partial charge in [-0.25, -0.2) is 0 Å². The summed E-state index contributed by atoms with van der Waals surface area (Å²) in [6, 6.07) is 7.30. The van der Waals surface area contributed by atoms with Gasteiger partial charge < -0.3 is 15.4 Å². The first kappa shape index (κ1) is 21.0. The number of likely N-dealkylation sites (N-methyl/N-ethyl adjacent to an activating group) is 1. The number of hydrogen-bond acceptors (Lipinski definition) is 3. The van der Waals surface area contributed by atoms with Gasteiger partial charge in [0.15, 0.2) is 0 Å². The van der Waals surface area contributed by atoms with Crippen molar-refractivity contribution in [2.75, 3.05) is 26.7 Å². The summed E-state index contributed by atoms with van der Waals surface area (Å²) in [4.78, 5) is 14.2. The lowest BCUT2D eigenvalue weighted by Gasteiger charge is -2.33. The number of carbonyl (C=O) groups is 1. The van der Waals surface area contributed by atoms with E-state index < -0.39 is 5.41 Å². The van der Waals surface area contributed by atoms with Gasteiger partial charge in [0.1, 0.15) is 12.4 Å². The van der Waals surface area contributed by atoms with Gasteiger partial charge >= 0.3 is 0 Å². The van der Waals surface area contributed by atoms with Crippen LogP contribution in [0.5, 0.6) is 5.75 Å². The van der Waals surface area contributed by atoms with E-state index in [1.54, 1.807) is 18.0 Å². The van der Waals surface area contributed by atoms with E-state index in [1.807, 2.05) is 32.0 Å². The largest absolute Gasteiger partial charge is 0.490 e. The molecule has 1 aromatic rings. The Morgan fingerprint density at radius 3 is 2.41 bits per heavy atom. The molecule has 0 atom stereocenters. The molecule has 0 aliphatic carbocycles. The van der Waals surface area contributed by atoms with Crippen molar-refractivity contribution < 1.29 is 9.53 Å². The Morgan fingerprint density at radius 2 is 1.91 bits per heavy atom. The third-order valence-electron chi connectivity index (χ3n) is 4.07. The fraction of sp³-hybridized carbons (Fsp3) is 0.562. The van der Waals surface area contributed by atoms with Crippen molar-refractivity contribution in [1.29, 1.82) is 0 Å². The fourth-order valence-corrected chi connectivity index (χ4v) is 2.48. The van der Waals surface area contributed by atoms with E-state index in [2.05, 4.69) is 0 Å². The van der Waals surface area contributed by atoms with Crippen LogP contribution in [-0.2, 0) is 4.79 Å². The molecule has 0 heterocycles. The van der Waals surface area contributed by atoms with Crippen molar-refractivity contribution in [3.05, 3.63) is 29.3 Å². The molecule has 1 amide bonds. The smallest absolute Gasteiger partial charge is 0.229 e. The summed E-state index contributed by atoms with van der Waals surface area (Å²) in [5.41, 5.74) is 5.35. The van der Waals surface area contributed by atoms with Crippen molar-refractivity contribution in [1.82, 2.24) is 4.90 Å². The molecule has 6 heteroatoms. The first-order valence-electron chi connectivity index (χ1n) is 7.33. The summed E-state index contributed by atoms with van der Waals surface area (Å²) in [5.74, 6) is 0.717. The Hall–Kier alpha value is -0.970. The molecule has 0 spiro atoms. The molecule has 2 N–H and O–H groups in total. The van der Waals surface area contributed by atoms with E-state index >= 15 is 0 Å². The molecule has 0 bridgehead atoms. The molecule has 0 saturated carbocycles. The maximum Gasteiger partial charge on any atom is 0.229 e. The van der Waals surface area contributed by atoms with Gasteiger partial charge in [-0.2, -0.15) is 0 Å². The topological polar surface area (TPSA) is 55.6 Å². The summed E-state index contributed by atoms with van der Waals surface area (Å²) < 4.78 is 5.61. The van der Waals surface area contributed by atoms with Crippen LogP contribution in [0, 0.1) is 5.41 Å². The zero-order chi connectivity index (χ0) is 15.9. The predicted molar refractivity (Wildman–Crippen MR) is 93.9 cm³/mol. The quantitative estimate of drug-likeness (QED) is 0.783. The molecule has 0 aromatic heterocycles. The second-order valence-electron chi connectivity index (χ2n) is 5.20. The highest BCUT2D eigenvalue weighted by Gasteiger charge is 2.35. The Kier molecular flexibility index (Phi) is 9.49. The fourth-order valence-electron chi connectivity index (χ4n) is 2.29. The number of benzene rings is 1. The summed E-state index contributed by atoms with van der Waals surface area (Å²) in [6.07, 6.45) is 1.49. The van der Waals surface area contributed by atoms with E-state index in [-0.39, 0.29) is 18.3 Å². The lowest BCUT2D eigenvalue weighted by Crippen LogP contribution is -2.47. The molecule has 4 nitrogen and oxygen atoms in total. The molecule has 0 radical (unpaired) electrons. The number of para-hydroxylation sites is 1. The molecular weight excluding hydrogens is 323 g/mol. The van der Waals surface area contributed by atoms with E-state index in [9.17, 15) is 4.79 Å². The van der Waals surface area contributed by atoms with Crippen molar-refractivity contribution >= 4 is 29.9 Å². The van der Waals surface area contributed by atoms with E-state index in [1.165, 1.54) is 0 Å². The number of ether oxygens (including phenoxy) is 1. The van der Waals surface area contributed by atoms with E-state index in [0.29, 0.717) is 30.5 Å². The van der Waals surface area contributed by atoms with Crippen LogP contribution in [0.2, 0.25) is 5.02 Å². The highest BCUT2D eigenvalue weighted by atomic mass is 35.5. The monoisotopic (exact) mass is 348 g/mol. The summed E-state index contributed by atoms with van der Waals surface area (Å²) in [6.45, 7) is 5.28. The number of nitrogens with two attached hydrogens (primary N) is 1. The van der Waals surface area contributed by atoms with Crippen LogP contribution in [0.4, 0.5) is 0 Å². The zero-order valence-corrected chi connectivity index (χ0v) is 15.0. The molecule has 0 aliphatic rings. The van der Waals surface area contributed by atoms with Crippen LogP contribution < -0.4 is 10.5 Å². The van der Waals surface area contributed by atoms with Gasteiger partial charge in [0.25, 0.3) is 0 Å². The van der Waals surface area contributed by atoms with E-state index in [4.69, 9.17) is 22.1 Å². The van der Waals surface area contributed by atoms with E-state index in [0.717, 1.165) is 12.8 Å². The molecule has 126 valence electrons. The lowest BCUT2D eigenvalue weighted by molar-refractivity contribution is -0.141. The zero-order valence-electron chi connectivity index (χ0n) is 13.5. The second-order valence-corrected chi connectivity index (χ2v) is 5.60. The van der Waals surface area contributed by atoms with Crippen LogP contribution in [0.25, 0.3) is 0 Å². The maximum atomic E-state index is 12.5. The summed E-state index contributed by atoms with van der Waals surface area (Å²) in [5, 5.41) is 0.574. The number of nitrogens with zero attached hydrogens (tertiary/aromatic N) is 1. The van der Waals surface area contributed by atoms with Crippen LogP contribution >= 0.6 is 24.0 Å². The van der Waals surface area contributed by atoms with Crippen LogP contribution in [0.3, 0.4) is 0 Å². The predicted octanol–water partition coefficient (Wildman–Crippen LogP) is 3.36. The normalized spacial score (nSPS) is 10.8. The van der Waals surface area contributed by atoms with Crippen molar-refractivity contribution in [3.63, 3.8) is 0 Å². The Balaban J connectivity index is 0.00000441. The van der Waals surface area contributed by atoms with Gasteiger partial charge in [0.2, 0.25) is 5.91 Å². The Labute approximate surface area is 144 Å². The van der Waals surface area contributed by atoms with Crippen LogP contribution in [-0.4, -0.2) is 37.6 Å². The molecule has 0 aliphatic heterocycles. The van der Waals surface area contributed by atoms with Gasteiger partial charge in [-0.3, -0.25) is 4.79 Å². The molecular formula is C16H26Cl2N2O2. The standard InChI is InChI=1S/C16H25ClN2O2.ClH/c1-4-16(5-2,12-18)15(20)19(3)10-11-21-14-9-7-6-8-13(14)17;/h6-9H,4-5,10-12,18H2,1-3H3;1H. The molecule has 0 saturated heterocycles. The van der Waals surface area contributed by atoms with Crippen molar-refractivity contribution in [3.8, 4) is 5.75 Å². The van der Waals surface area contributed by atoms with Crippen LogP contribution in [0.1, 0.15) is 26.7 Å². The van der Waals surface area contributed by atoms with Gasteiger partial charge in [0, 0.05) is 13.6 Å². The number of carbonyl (C=O) groups excluding carboxylic acids is 1. The summed E-state index contributed by atoms with van der Waals surface area (Å²) >= 11 is 6.02. The van der Waals surface area contributed by atoms with Crippen LogP contribution in [0.15, 0.2) is 24.3 Å². The minimum absolute atomic E-state index is 0. The lowest BCUT2D eigenvalue weighted by atomic mass is 9.81. The Morgan fingerprint density at radius 1 is 1.32 bits per heavy atom. The minimum Gasteiger partial charge on any atom is -0.490 e. The average molecular weight is 349 g/mol. The van der Waals surface area contributed by atoms with Crippen molar-refractivity contribution in [2.45, 2.75) is 26.7 Å². The van der Waals surface area contributed by atoms with Gasteiger partial charge in [0.05, 0.1) is 17.0 Å². The Bertz CT molecular complexity index is 457. The van der Waals surface area contributed by atoms with Gasteiger partial charge in [-0.1, -0.05) is 37.6 Å². The number of halogens is 2. The molecule has 0 fully saturated rings. The second kappa shape index (κ2) is 9.93. The minimum atomic E-state index is -0.459. The highest BCUT2D eigenvalue weighted by molar-refractivity contribution is 6.32. The molecule has 1 rings (SSSR count). The molecule has 22 heavy (non-hydrogen) atoms. The maximum absolute atomic E-state index is 12.5. The molecule has 1 aromatic carbocycles.